The third kappa shape index (κ3) is 2.90. The molecule has 0 fully saturated rings. The fourth-order valence-corrected chi connectivity index (χ4v) is 3.89. The van der Waals surface area contributed by atoms with Gasteiger partial charge in [0.2, 0.25) is 0 Å². The van der Waals surface area contributed by atoms with Crippen LogP contribution in [0.25, 0.3) is 0 Å². The minimum Gasteiger partial charge on any atom is -0.465 e. The van der Waals surface area contributed by atoms with Crippen molar-refractivity contribution in [2.24, 2.45) is 0 Å². The van der Waals surface area contributed by atoms with Crippen LogP contribution in [-0.2, 0) is 0 Å². The first kappa shape index (κ1) is 14.1. The van der Waals surface area contributed by atoms with Gasteiger partial charge in [-0.1, -0.05) is 11.6 Å². The van der Waals surface area contributed by atoms with Crippen LogP contribution in [0, 0.1) is 6.92 Å². The maximum Gasteiger partial charge on any atom is 0.120 e. The van der Waals surface area contributed by atoms with Gasteiger partial charge in [-0.05, 0) is 61.9 Å². The molecule has 2 atom stereocenters. The number of thioether (sulfide) groups is 1. The molecule has 2 aromatic rings. The summed E-state index contributed by atoms with van der Waals surface area (Å²) in [4.78, 5) is 1.33. The van der Waals surface area contributed by atoms with Crippen molar-refractivity contribution in [3.05, 3.63) is 52.4 Å². The highest BCUT2D eigenvalue weighted by Crippen LogP contribution is 2.38. The molecule has 0 bridgehead atoms. The van der Waals surface area contributed by atoms with Gasteiger partial charge >= 0.3 is 0 Å². The number of fused-ring (bicyclic) bond motifs is 1. The van der Waals surface area contributed by atoms with Gasteiger partial charge in [0.05, 0.1) is 6.04 Å². The molecule has 1 aromatic carbocycles. The van der Waals surface area contributed by atoms with Crippen LogP contribution >= 0.6 is 23.4 Å². The molecule has 20 heavy (non-hydrogen) atoms. The van der Waals surface area contributed by atoms with Crippen LogP contribution in [0.5, 0.6) is 0 Å². The zero-order valence-electron chi connectivity index (χ0n) is 11.7. The second-order valence-electron chi connectivity index (χ2n) is 5.21. The third-order valence-corrected chi connectivity index (χ3v) is 5.01. The fraction of sp³-hybridized carbons (Fsp3) is 0.375. The second kappa shape index (κ2) is 5.84. The highest BCUT2D eigenvalue weighted by molar-refractivity contribution is 7.99. The molecule has 3 rings (SSSR count). The van der Waals surface area contributed by atoms with Gasteiger partial charge in [0.15, 0.2) is 0 Å². The molecule has 2 heterocycles. The van der Waals surface area contributed by atoms with Crippen molar-refractivity contribution >= 4 is 23.4 Å². The summed E-state index contributed by atoms with van der Waals surface area (Å²) in [6, 6.07) is 10.8. The van der Waals surface area contributed by atoms with Crippen molar-refractivity contribution in [1.29, 1.82) is 0 Å². The van der Waals surface area contributed by atoms with Gasteiger partial charge in [0.1, 0.15) is 11.5 Å². The van der Waals surface area contributed by atoms with Crippen molar-refractivity contribution in [2.75, 3.05) is 5.75 Å². The van der Waals surface area contributed by atoms with Gasteiger partial charge in [-0.15, -0.1) is 11.8 Å². The summed E-state index contributed by atoms with van der Waals surface area (Å²) in [6.07, 6.45) is 1.11. The van der Waals surface area contributed by atoms with Crippen LogP contribution in [0.1, 0.15) is 42.5 Å². The molecule has 1 aromatic heterocycles. The van der Waals surface area contributed by atoms with Gasteiger partial charge in [0, 0.05) is 16.0 Å². The lowest BCUT2D eigenvalue weighted by molar-refractivity contribution is 0.376. The second-order valence-corrected chi connectivity index (χ2v) is 6.78. The van der Waals surface area contributed by atoms with E-state index < -0.39 is 0 Å². The SMILES string of the molecule is Cc1ccc(C(C)NC2CCSc3ccc(Cl)cc32)o1. The molecule has 2 unspecified atom stereocenters. The lowest BCUT2D eigenvalue weighted by Gasteiger charge is -2.28. The maximum atomic E-state index is 6.14. The van der Waals surface area contributed by atoms with E-state index in [1.165, 1.54) is 10.5 Å². The first-order valence-electron chi connectivity index (χ1n) is 6.88. The lowest BCUT2D eigenvalue weighted by Crippen LogP contribution is -2.27. The van der Waals surface area contributed by atoms with E-state index in [1.54, 1.807) is 0 Å². The van der Waals surface area contributed by atoms with Crippen molar-refractivity contribution in [1.82, 2.24) is 5.32 Å². The Balaban J connectivity index is 1.80. The average molecular weight is 308 g/mol. The monoisotopic (exact) mass is 307 g/mol. The Bertz CT molecular complexity index is 610. The molecule has 0 spiro atoms. The minimum absolute atomic E-state index is 0.198. The molecule has 0 radical (unpaired) electrons. The highest BCUT2D eigenvalue weighted by Gasteiger charge is 2.23. The first-order chi connectivity index (χ1) is 9.63. The van der Waals surface area contributed by atoms with Crippen LogP contribution < -0.4 is 5.32 Å². The number of nitrogens with one attached hydrogen (secondary N) is 1. The van der Waals surface area contributed by atoms with Gasteiger partial charge in [0.25, 0.3) is 0 Å². The van der Waals surface area contributed by atoms with E-state index in [4.69, 9.17) is 16.0 Å². The predicted octanol–water partition coefficient (Wildman–Crippen LogP) is 5.13. The highest BCUT2D eigenvalue weighted by atomic mass is 35.5. The topological polar surface area (TPSA) is 25.2 Å². The molecule has 1 aliphatic heterocycles. The maximum absolute atomic E-state index is 6.14. The van der Waals surface area contributed by atoms with Crippen molar-refractivity contribution in [2.45, 2.75) is 37.2 Å². The van der Waals surface area contributed by atoms with E-state index in [0.29, 0.717) is 6.04 Å². The van der Waals surface area contributed by atoms with E-state index in [-0.39, 0.29) is 6.04 Å². The summed E-state index contributed by atoms with van der Waals surface area (Å²) in [5.41, 5.74) is 1.31. The summed E-state index contributed by atoms with van der Waals surface area (Å²) in [5, 5.41) is 4.47. The number of furan rings is 1. The summed E-state index contributed by atoms with van der Waals surface area (Å²) in [7, 11) is 0. The van der Waals surface area contributed by atoms with Gasteiger partial charge in [-0.3, -0.25) is 0 Å². The van der Waals surface area contributed by atoms with E-state index in [1.807, 2.05) is 36.9 Å². The van der Waals surface area contributed by atoms with E-state index in [0.717, 1.165) is 28.7 Å². The third-order valence-electron chi connectivity index (χ3n) is 3.65. The molecular weight excluding hydrogens is 290 g/mol. The Morgan fingerprint density at radius 2 is 2.20 bits per heavy atom. The summed E-state index contributed by atoms with van der Waals surface area (Å²) in [6.45, 7) is 4.12. The molecule has 2 nitrogen and oxygen atoms in total. The largest absolute Gasteiger partial charge is 0.465 e. The fourth-order valence-electron chi connectivity index (χ4n) is 2.61. The molecule has 0 aliphatic carbocycles. The number of halogens is 1. The zero-order chi connectivity index (χ0) is 14.1. The number of aryl methyl sites for hydroxylation is 1. The Kier molecular flexibility index (Phi) is 4.11. The number of rotatable bonds is 3. The molecule has 4 heteroatoms. The van der Waals surface area contributed by atoms with Crippen LogP contribution in [0.15, 0.2) is 39.6 Å². The normalized spacial score (nSPS) is 19.6. The predicted molar refractivity (Wildman–Crippen MR) is 84.5 cm³/mol. The number of benzene rings is 1. The van der Waals surface area contributed by atoms with Crippen molar-refractivity contribution in [3.8, 4) is 0 Å². The summed E-state index contributed by atoms with van der Waals surface area (Å²) < 4.78 is 5.70. The Morgan fingerprint density at radius 1 is 1.35 bits per heavy atom. The van der Waals surface area contributed by atoms with Crippen LogP contribution in [-0.4, -0.2) is 5.75 Å². The van der Waals surface area contributed by atoms with Crippen LogP contribution in [0.3, 0.4) is 0 Å². The zero-order valence-corrected chi connectivity index (χ0v) is 13.2. The number of hydrogen-bond donors (Lipinski definition) is 1. The number of hydrogen-bond acceptors (Lipinski definition) is 3. The Labute approximate surface area is 128 Å². The summed E-state index contributed by atoms with van der Waals surface area (Å²) in [5.74, 6) is 3.08. The lowest BCUT2D eigenvalue weighted by atomic mass is 10.0. The van der Waals surface area contributed by atoms with Crippen LogP contribution in [0.2, 0.25) is 5.02 Å². The van der Waals surface area contributed by atoms with Crippen LogP contribution in [0.4, 0.5) is 0 Å². The standard InChI is InChI=1S/C16H18ClNOS/c1-10-3-5-15(19-10)11(2)18-14-7-8-20-16-6-4-12(17)9-13(14)16/h3-6,9,11,14,18H,7-8H2,1-2H3. The Morgan fingerprint density at radius 3 is 2.95 bits per heavy atom. The molecule has 106 valence electrons. The van der Waals surface area contributed by atoms with Crippen molar-refractivity contribution in [3.63, 3.8) is 0 Å². The average Bonchev–Trinajstić information content (AvgIpc) is 2.86. The molecular formula is C16H18ClNOS. The first-order valence-corrected chi connectivity index (χ1v) is 8.24. The minimum atomic E-state index is 0.198. The molecule has 0 saturated heterocycles. The molecule has 0 saturated carbocycles. The van der Waals surface area contributed by atoms with E-state index in [9.17, 15) is 0 Å². The van der Waals surface area contributed by atoms with Crippen molar-refractivity contribution < 1.29 is 4.42 Å². The van der Waals surface area contributed by atoms with Gasteiger partial charge in [-0.2, -0.15) is 0 Å². The summed E-state index contributed by atoms with van der Waals surface area (Å²) >= 11 is 8.05. The Hall–Kier alpha value is -0.900. The quantitative estimate of drug-likeness (QED) is 0.851. The van der Waals surface area contributed by atoms with E-state index in [2.05, 4.69) is 24.4 Å². The molecule has 0 amide bonds. The molecule has 1 N–H and O–H groups in total. The van der Waals surface area contributed by atoms with E-state index >= 15 is 0 Å². The molecule has 1 aliphatic rings. The van der Waals surface area contributed by atoms with Gasteiger partial charge < -0.3 is 9.73 Å². The van der Waals surface area contributed by atoms with Gasteiger partial charge in [-0.25, -0.2) is 0 Å². The smallest absolute Gasteiger partial charge is 0.120 e.